The zero-order chi connectivity index (χ0) is 14.3. The molecule has 0 fully saturated rings. The van der Waals surface area contributed by atoms with Gasteiger partial charge in [0.2, 0.25) is 0 Å². The van der Waals surface area contributed by atoms with Crippen LogP contribution in [0, 0.1) is 11.7 Å². The maximum Gasteiger partial charge on any atom is 0.137 e. The Morgan fingerprint density at radius 2 is 2.00 bits per heavy atom. The van der Waals surface area contributed by atoms with Crippen LogP contribution in [-0.4, -0.2) is 0 Å². The van der Waals surface area contributed by atoms with Crippen LogP contribution in [0.25, 0.3) is 0 Å². The molecule has 0 aromatic heterocycles. The first-order chi connectivity index (χ1) is 9.58. The third kappa shape index (κ3) is 2.42. The Bertz CT molecular complexity index is 651. The van der Waals surface area contributed by atoms with E-state index in [1.165, 1.54) is 11.1 Å². The third-order valence-electron chi connectivity index (χ3n) is 3.81. The number of fused-ring (bicyclic) bond motifs is 2. The maximum absolute atomic E-state index is 14.2. The first kappa shape index (κ1) is 14.2. The predicted octanol–water partition coefficient (Wildman–Crippen LogP) is 5.98. The Labute approximate surface area is 131 Å². The van der Waals surface area contributed by atoms with Gasteiger partial charge in [0.15, 0.2) is 0 Å². The van der Waals surface area contributed by atoms with Crippen LogP contribution in [-0.2, 0) is 5.75 Å². The summed E-state index contributed by atoms with van der Waals surface area (Å²) in [5.41, 5.74) is 3.77. The fraction of sp³-hybridized carbons (Fsp3) is 0.294. The number of hydrogen-bond donors (Lipinski definition) is 0. The first-order valence-corrected chi connectivity index (χ1v) is 8.55. The molecule has 1 unspecified atom stereocenters. The molecule has 0 aliphatic carbocycles. The number of halogens is 2. The van der Waals surface area contributed by atoms with E-state index in [1.54, 1.807) is 17.8 Å². The third-order valence-corrected chi connectivity index (χ3v) is 5.48. The summed E-state index contributed by atoms with van der Waals surface area (Å²) in [6, 6.07) is 11.9. The summed E-state index contributed by atoms with van der Waals surface area (Å²) < 4.78 is 15.2. The van der Waals surface area contributed by atoms with Gasteiger partial charge in [0.05, 0.1) is 0 Å². The van der Waals surface area contributed by atoms with Gasteiger partial charge in [-0.05, 0) is 40.8 Å². The lowest BCUT2D eigenvalue weighted by Gasteiger charge is -2.24. The molecular weight excluding hydrogens is 335 g/mol. The standard InChI is InChI=1S/C17H16BrFS/c1-10(2)16-13-7-6-12(18)8-11(13)9-20-17-14(16)4-3-5-15(17)19/h3-8,10,16H,9H2,1-2H3. The van der Waals surface area contributed by atoms with Crippen molar-refractivity contribution in [1.29, 1.82) is 0 Å². The Balaban J connectivity index is 2.24. The monoisotopic (exact) mass is 350 g/mol. The second-order valence-electron chi connectivity index (χ2n) is 5.51. The molecule has 20 heavy (non-hydrogen) atoms. The molecule has 0 radical (unpaired) electrons. The minimum absolute atomic E-state index is 0.0926. The van der Waals surface area contributed by atoms with E-state index in [0.29, 0.717) is 5.92 Å². The van der Waals surface area contributed by atoms with Crippen LogP contribution in [0.1, 0.15) is 36.5 Å². The van der Waals surface area contributed by atoms with Crippen molar-refractivity contribution < 1.29 is 4.39 Å². The summed E-state index contributed by atoms with van der Waals surface area (Å²) in [4.78, 5) is 0.818. The highest BCUT2D eigenvalue weighted by Gasteiger charge is 2.28. The topological polar surface area (TPSA) is 0 Å². The van der Waals surface area contributed by atoms with E-state index < -0.39 is 0 Å². The summed E-state index contributed by atoms with van der Waals surface area (Å²) in [6.07, 6.45) is 0. The zero-order valence-electron chi connectivity index (χ0n) is 11.5. The van der Waals surface area contributed by atoms with Gasteiger partial charge in [-0.2, -0.15) is 0 Å². The molecule has 0 saturated heterocycles. The van der Waals surface area contributed by atoms with Gasteiger partial charge >= 0.3 is 0 Å². The summed E-state index contributed by atoms with van der Waals surface area (Å²) in [5.74, 6) is 1.43. The number of thioether (sulfide) groups is 1. The lowest BCUT2D eigenvalue weighted by Crippen LogP contribution is -2.10. The zero-order valence-corrected chi connectivity index (χ0v) is 13.9. The maximum atomic E-state index is 14.2. The van der Waals surface area contributed by atoms with Crippen molar-refractivity contribution in [2.24, 2.45) is 5.92 Å². The van der Waals surface area contributed by atoms with Crippen LogP contribution >= 0.6 is 27.7 Å². The molecule has 0 amide bonds. The minimum Gasteiger partial charge on any atom is -0.206 e. The Morgan fingerprint density at radius 1 is 1.20 bits per heavy atom. The summed E-state index contributed by atoms with van der Waals surface area (Å²) in [7, 11) is 0. The minimum atomic E-state index is -0.0926. The van der Waals surface area contributed by atoms with Crippen molar-refractivity contribution in [2.75, 3.05) is 0 Å². The van der Waals surface area contributed by atoms with Crippen LogP contribution in [0.2, 0.25) is 0 Å². The fourth-order valence-corrected chi connectivity index (χ4v) is 4.49. The summed E-state index contributed by atoms with van der Waals surface area (Å²) >= 11 is 5.15. The molecule has 1 atom stereocenters. The molecule has 2 aromatic rings. The molecule has 1 aliphatic rings. The van der Waals surface area contributed by atoms with E-state index in [9.17, 15) is 4.39 Å². The van der Waals surface area contributed by atoms with Gasteiger partial charge in [0.1, 0.15) is 5.82 Å². The van der Waals surface area contributed by atoms with Crippen LogP contribution in [0.3, 0.4) is 0 Å². The highest BCUT2D eigenvalue weighted by molar-refractivity contribution is 9.10. The Kier molecular flexibility index (Phi) is 3.91. The van der Waals surface area contributed by atoms with Gasteiger partial charge < -0.3 is 0 Å². The van der Waals surface area contributed by atoms with Crippen LogP contribution in [0.4, 0.5) is 4.39 Å². The predicted molar refractivity (Wildman–Crippen MR) is 86.8 cm³/mol. The quantitative estimate of drug-likeness (QED) is 0.609. The van der Waals surface area contributed by atoms with Crippen molar-refractivity contribution in [3.8, 4) is 0 Å². The van der Waals surface area contributed by atoms with E-state index in [1.807, 2.05) is 6.07 Å². The number of hydrogen-bond acceptors (Lipinski definition) is 1. The van der Waals surface area contributed by atoms with Gasteiger partial charge in [-0.1, -0.05) is 48.0 Å². The second-order valence-corrected chi connectivity index (χ2v) is 7.41. The van der Waals surface area contributed by atoms with Crippen molar-refractivity contribution in [1.82, 2.24) is 0 Å². The molecule has 0 saturated carbocycles. The summed E-state index contributed by atoms with van der Waals surface area (Å²) in [5, 5.41) is 0. The fourth-order valence-electron chi connectivity index (χ4n) is 2.96. The van der Waals surface area contributed by atoms with Crippen molar-refractivity contribution >= 4 is 27.7 Å². The lowest BCUT2D eigenvalue weighted by atomic mass is 9.81. The van der Waals surface area contributed by atoms with Gasteiger partial charge in [-0.15, -0.1) is 11.8 Å². The normalized spacial score (nSPS) is 17.6. The van der Waals surface area contributed by atoms with Gasteiger partial charge in [0, 0.05) is 21.0 Å². The average Bonchev–Trinajstić information content (AvgIpc) is 2.56. The average molecular weight is 351 g/mol. The lowest BCUT2D eigenvalue weighted by molar-refractivity contribution is 0.539. The van der Waals surface area contributed by atoms with Crippen LogP contribution < -0.4 is 0 Å². The van der Waals surface area contributed by atoms with Crippen molar-refractivity contribution in [2.45, 2.75) is 30.4 Å². The molecule has 3 rings (SSSR count). The highest BCUT2D eigenvalue weighted by Crippen LogP contribution is 2.45. The molecule has 0 bridgehead atoms. The molecule has 104 valence electrons. The molecule has 0 nitrogen and oxygen atoms in total. The molecule has 1 heterocycles. The van der Waals surface area contributed by atoms with E-state index in [-0.39, 0.29) is 11.7 Å². The van der Waals surface area contributed by atoms with Gasteiger partial charge in [-0.3, -0.25) is 0 Å². The molecule has 2 aromatic carbocycles. The molecule has 0 spiro atoms. The van der Waals surface area contributed by atoms with Crippen molar-refractivity contribution in [3.63, 3.8) is 0 Å². The van der Waals surface area contributed by atoms with E-state index in [2.05, 4.69) is 54.0 Å². The van der Waals surface area contributed by atoms with Crippen LogP contribution in [0.5, 0.6) is 0 Å². The van der Waals surface area contributed by atoms with Gasteiger partial charge in [0.25, 0.3) is 0 Å². The van der Waals surface area contributed by atoms with Crippen LogP contribution in [0.15, 0.2) is 45.8 Å². The van der Waals surface area contributed by atoms with Crippen molar-refractivity contribution in [3.05, 3.63) is 63.4 Å². The Hall–Kier alpha value is -0.800. The highest BCUT2D eigenvalue weighted by atomic mass is 79.9. The molecule has 1 aliphatic heterocycles. The Morgan fingerprint density at radius 3 is 2.75 bits per heavy atom. The smallest absolute Gasteiger partial charge is 0.137 e. The first-order valence-electron chi connectivity index (χ1n) is 6.77. The van der Waals surface area contributed by atoms with E-state index in [0.717, 1.165) is 20.7 Å². The molecule has 3 heteroatoms. The second kappa shape index (κ2) is 5.53. The SMILES string of the molecule is CC(C)C1c2ccc(Br)cc2CSc2c(F)cccc21. The molecule has 0 N–H and O–H groups in total. The number of rotatable bonds is 1. The van der Waals surface area contributed by atoms with E-state index in [4.69, 9.17) is 0 Å². The number of benzene rings is 2. The summed E-state index contributed by atoms with van der Waals surface area (Å²) in [6.45, 7) is 4.42. The molecular formula is C17H16BrFS. The largest absolute Gasteiger partial charge is 0.206 e. The van der Waals surface area contributed by atoms with Gasteiger partial charge in [-0.25, -0.2) is 4.39 Å². The van der Waals surface area contributed by atoms with E-state index >= 15 is 0 Å².